The summed E-state index contributed by atoms with van der Waals surface area (Å²) in [5.74, 6) is 0. The smallest absolute Gasteiger partial charge is 0.162 e. The van der Waals surface area contributed by atoms with E-state index in [1.54, 1.807) is 22.7 Å². The van der Waals surface area contributed by atoms with Gasteiger partial charge in [-0.05, 0) is 66.4 Å². The van der Waals surface area contributed by atoms with Crippen LogP contribution < -0.4 is 0 Å². The highest BCUT2D eigenvalue weighted by atomic mass is 79.9. The molecule has 0 aliphatic rings. The van der Waals surface area contributed by atoms with E-state index in [9.17, 15) is 0 Å². The summed E-state index contributed by atoms with van der Waals surface area (Å²) < 4.78 is 7.06. The predicted octanol–water partition coefficient (Wildman–Crippen LogP) is 5.60. The van der Waals surface area contributed by atoms with Gasteiger partial charge < -0.3 is 0 Å². The van der Waals surface area contributed by atoms with E-state index in [0.29, 0.717) is 5.52 Å². The molecule has 4 rings (SSSR count). The topological polar surface area (TPSA) is 51.8 Å². The fourth-order valence-corrected chi connectivity index (χ4v) is 4.81. The standard InChI is InChI=1S/C13H5Br2N3OS2/c14-9-3-1-7(20-9)6-5-16-12(8-2-4-10(15)21-8)13-11(6)17-19-18-13/h1-5H. The Bertz CT molecular complexity index is 870. The maximum Gasteiger partial charge on any atom is 0.162 e. The van der Waals surface area contributed by atoms with Gasteiger partial charge in [-0.3, -0.25) is 4.98 Å². The van der Waals surface area contributed by atoms with Crippen LogP contribution in [0.2, 0.25) is 0 Å². The van der Waals surface area contributed by atoms with Crippen molar-refractivity contribution in [2.75, 3.05) is 0 Å². The van der Waals surface area contributed by atoms with Crippen LogP contribution in [0.5, 0.6) is 0 Å². The van der Waals surface area contributed by atoms with Gasteiger partial charge in [-0.2, -0.15) is 0 Å². The monoisotopic (exact) mass is 441 g/mol. The highest BCUT2D eigenvalue weighted by Gasteiger charge is 2.17. The van der Waals surface area contributed by atoms with E-state index >= 15 is 0 Å². The van der Waals surface area contributed by atoms with Crippen molar-refractivity contribution >= 4 is 65.6 Å². The van der Waals surface area contributed by atoms with E-state index in [1.807, 2.05) is 30.5 Å². The van der Waals surface area contributed by atoms with Crippen molar-refractivity contribution in [2.24, 2.45) is 0 Å². The first-order valence-corrected chi connectivity index (χ1v) is 9.07. The van der Waals surface area contributed by atoms with Crippen LogP contribution >= 0.6 is 54.5 Å². The summed E-state index contributed by atoms with van der Waals surface area (Å²) in [7, 11) is 0. The van der Waals surface area contributed by atoms with Crippen molar-refractivity contribution in [3.8, 4) is 21.0 Å². The average molecular weight is 443 g/mol. The Kier molecular flexibility index (Phi) is 3.41. The normalized spacial score (nSPS) is 11.3. The summed E-state index contributed by atoms with van der Waals surface area (Å²) in [6, 6.07) is 8.03. The second-order valence-electron chi connectivity index (χ2n) is 4.19. The molecule has 0 fully saturated rings. The van der Waals surface area contributed by atoms with Crippen molar-refractivity contribution in [2.45, 2.75) is 0 Å². The van der Waals surface area contributed by atoms with Gasteiger partial charge in [-0.25, -0.2) is 4.63 Å². The summed E-state index contributed by atoms with van der Waals surface area (Å²) in [5.41, 5.74) is 3.15. The summed E-state index contributed by atoms with van der Waals surface area (Å²) in [4.78, 5) is 6.67. The zero-order valence-electron chi connectivity index (χ0n) is 10.2. The van der Waals surface area contributed by atoms with Crippen molar-refractivity contribution in [3.63, 3.8) is 0 Å². The number of hydrogen-bond donors (Lipinski definition) is 0. The lowest BCUT2D eigenvalue weighted by molar-refractivity contribution is 0.315. The van der Waals surface area contributed by atoms with Crippen LogP contribution in [0.1, 0.15) is 0 Å². The molecule has 21 heavy (non-hydrogen) atoms. The third kappa shape index (κ3) is 2.36. The van der Waals surface area contributed by atoms with Crippen LogP contribution in [0.15, 0.2) is 42.7 Å². The minimum Gasteiger partial charge on any atom is -0.252 e. The molecule has 0 bridgehead atoms. The van der Waals surface area contributed by atoms with Gasteiger partial charge >= 0.3 is 0 Å². The molecule has 0 aromatic carbocycles. The zero-order valence-corrected chi connectivity index (χ0v) is 15.0. The van der Waals surface area contributed by atoms with Crippen LogP contribution in [0.4, 0.5) is 0 Å². The molecule has 4 heterocycles. The number of pyridine rings is 1. The van der Waals surface area contributed by atoms with E-state index in [-0.39, 0.29) is 0 Å². The number of nitrogens with zero attached hydrogens (tertiary/aromatic N) is 3. The van der Waals surface area contributed by atoms with E-state index in [0.717, 1.165) is 34.1 Å². The van der Waals surface area contributed by atoms with Gasteiger partial charge in [0.1, 0.15) is 11.2 Å². The first-order valence-electron chi connectivity index (χ1n) is 5.85. The second kappa shape index (κ2) is 5.28. The van der Waals surface area contributed by atoms with Crippen molar-refractivity contribution in [3.05, 3.63) is 38.0 Å². The Balaban J connectivity index is 1.96. The van der Waals surface area contributed by atoms with Gasteiger partial charge in [0.15, 0.2) is 5.52 Å². The lowest BCUT2D eigenvalue weighted by Gasteiger charge is -2.01. The first-order chi connectivity index (χ1) is 10.2. The highest BCUT2D eigenvalue weighted by molar-refractivity contribution is 9.11. The van der Waals surface area contributed by atoms with Crippen LogP contribution in [-0.2, 0) is 0 Å². The molecule has 0 amide bonds. The van der Waals surface area contributed by atoms with Crippen molar-refractivity contribution in [1.29, 1.82) is 0 Å². The fourth-order valence-electron chi connectivity index (χ4n) is 2.03. The van der Waals surface area contributed by atoms with Crippen LogP contribution in [0, 0.1) is 0 Å². The quantitative estimate of drug-likeness (QED) is 0.405. The van der Waals surface area contributed by atoms with Gasteiger partial charge in [-0.1, -0.05) is 0 Å². The molecular weight excluding hydrogens is 438 g/mol. The van der Waals surface area contributed by atoms with Gasteiger partial charge in [0.05, 0.1) is 12.4 Å². The molecule has 4 aromatic rings. The van der Waals surface area contributed by atoms with Gasteiger partial charge in [-0.15, -0.1) is 22.7 Å². The Morgan fingerprint density at radius 3 is 2.19 bits per heavy atom. The summed E-state index contributed by atoms with van der Waals surface area (Å²) in [6.07, 6.45) is 1.83. The number of thiophene rings is 2. The zero-order chi connectivity index (χ0) is 14.4. The number of fused-ring (bicyclic) bond motifs is 1. The minimum atomic E-state index is 0.686. The Morgan fingerprint density at radius 1 is 0.857 bits per heavy atom. The summed E-state index contributed by atoms with van der Waals surface area (Å²) in [5, 5.41) is 8.09. The second-order valence-corrected chi connectivity index (χ2v) is 9.12. The third-order valence-electron chi connectivity index (χ3n) is 2.94. The van der Waals surface area contributed by atoms with Gasteiger partial charge in [0.2, 0.25) is 0 Å². The first kappa shape index (κ1) is 13.6. The molecule has 0 atom stereocenters. The number of rotatable bonds is 2. The molecule has 0 radical (unpaired) electrons. The van der Waals surface area contributed by atoms with E-state index in [2.05, 4.69) is 47.2 Å². The Morgan fingerprint density at radius 2 is 1.52 bits per heavy atom. The summed E-state index contributed by atoms with van der Waals surface area (Å²) in [6.45, 7) is 0. The Hall–Kier alpha value is -1.09. The number of aromatic nitrogens is 3. The largest absolute Gasteiger partial charge is 0.252 e. The molecule has 0 N–H and O–H groups in total. The molecule has 0 spiro atoms. The predicted molar refractivity (Wildman–Crippen MR) is 91.6 cm³/mol. The molecule has 0 unspecified atom stereocenters. The van der Waals surface area contributed by atoms with Gasteiger partial charge in [0, 0.05) is 16.6 Å². The molecule has 0 aliphatic carbocycles. The molecule has 4 nitrogen and oxygen atoms in total. The highest BCUT2D eigenvalue weighted by Crippen LogP contribution is 2.38. The van der Waals surface area contributed by atoms with E-state index in [1.165, 1.54) is 0 Å². The van der Waals surface area contributed by atoms with E-state index < -0.39 is 0 Å². The molecule has 104 valence electrons. The van der Waals surface area contributed by atoms with Crippen LogP contribution in [0.25, 0.3) is 32.0 Å². The molecule has 0 aliphatic heterocycles. The van der Waals surface area contributed by atoms with E-state index in [4.69, 9.17) is 4.63 Å². The minimum absolute atomic E-state index is 0.686. The van der Waals surface area contributed by atoms with Crippen LogP contribution in [0.3, 0.4) is 0 Å². The molecule has 8 heteroatoms. The van der Waals surface area contributed by atoms with Gasteiger partial charge in [0.25, 0.3) is 0 Å². The number of hydrogen-bond acceptors (Lipinski definition) is 6. The lowest BCUT2D eigenvalue weighted by Crippen LogP contribution is -1.86. The van der Waals surface area contributed by atoms with Crippen LogP contribution in [-0.4, -0.2) is 15.3 Å². The third-order valence-corrected chi connectivity index (χ3v) is 6.22. The molecular formula is C13H5Br2N3OS2. The molecule has 0 saturated carbocycles. The van der Waals surface area contributed by atoms with Crippen molar-refractivity contribution in [1.82, 2.24) is 15.3 Å². The fraction of sp³-hybridized carbons (Fsp3) is 0. The van der Waals surface area contributed by atoms with Crippen molar-refractivity contribution < 1.29 is 4.63 Å². The number of halogens is 2. The lowest BCUT2D eigenvalue weighted by atomic mass is 10.1. The maximum absolute atomic E-state index is 4.95. The molecule has 4 aromatic heterocycles. The maximum atomic E-state index is 4.95. The Labute approximate surface area is 144 Å². The summed E-state index contributed by atoms with van der Waals surface area (Å²) >= 11 is 10.2. The molecule has 0 saturated heterocycles. The SMILES string of the molecule is Brc1ccc(-c2cnc(-c3ccc(Br)s3)c3nonc23)s1. The average Bonchev–Trinajstić information content (AvgIpc) is 3.18.